The Bertz CT molecular complexity index is 1120. The lowest BCUT2D eigenvalue weighted by Gasteiger charge is -2.13. The molecule has 8 heteroatoms. The van der Waals surface area contributed by atoms with Gasteiger partial charge < -0.3 is 10.2 Å². The van der Waals surface area contributed by atoms with Gasteiger partial charge in [-0.1, -0.05) is 24.3 Å². The second-order valence-electron chi connectivity index (χ2n) is 6.95. The number of carbonyl (C=O) groups excluding carboxylic acids is 1. The van der Waals surface area contributed by atoms with Gasteiger partial charge in [0.2, 0.25) is 0 Å². The normalized spacial score (nSPS) is 19.5. The van der Waals surface area contributed by atoms with Crippen LogP contribution in [0.25, 0.3) is 11.0 Å². The minimum atomic E-state index is -4.36. The molecular formula is C21H17F3N2O2S. The summed E-state index contributed by atoms with van der Waals surface area (Å²) in [6.07, 6.45) is -2.67. The lowest BCUT2D eigenvalue weighted by molar-refractivity contribution is -0.137. The lowest BCUT2D eigenvalue weighted by atomic mass is 10.0. The molecule has 4 rings (SSSR count). The van der Waals surface area contributed by atoms with Gasteiger partial charge in [-0.15, -0.1) is 11.8 Å². The van der Waals surface area contributed by atoms with Gasteiger partial charge in [-0.05, 0) is 36.2 Å². The Morgan fingerprint density at radius 1 is 1.24 bits per heavy atom. The zero-order valence-corrected chi connectivity index (χ0v) is 16.2. The first-order valence-corrected chi connectivity index (χ1v) is 9.81. The van der Waals surface area contributed by atoms with Gasteiger partial charge in [0, 0.05) is 11.8 Å². The summed E-state index contributed by atoms with van der Waals surface area (Å²) in [7, 11) is 0. The standard InChI is InChI=1S/C21H17F3N2O2S/c1-11-19(13-5-6-15-16(20(25)27)10-28-17(15)9-13)29-18(26-11)8-12-3-2-4-14(7-12)21(22,23)24/h2-7,9-11,19H,8H2,1H3,(H2,25,27). The number of hydrogen-bond acceptors (Lipinski definition) is 4. The van der Waals surface area contributed by atoms with Gasteiger partial charge >= 0.3 is 6.18 Å². The van der Waals surface area contributed by atoms with Crippen molar-refractivity contribution in [1.29, 1.82) is 0 Å². The second kappa shape index (κ2) is 7.26. The number of thioether (sulfide) groups is 1. The van der Waals surface area contributed by atoms with Crippen molar-refractivity contribution in [3.8, 4) is 0 Å². The fourth-order valence-electron chi connectivity index (χ4n) is 3.45. The van der Waals surface area contributed by atoms with Crippen LogP contribution in [0.3, 0.4) is 0 Å². The van der Waals surface area contributed by atoms with E-state index in [1.165, 1.54) is 30.2 Å². The van der Waals surface area contributed by atoms with E-state index in [2.05, 4.69) is 4.99 Å². The molecule has 3 aromatic rings. The number of benzene rings is 2. The number of nitrogens with two attached hydrogens (primary N) is 1. The first-order valence-electron chi connectivity index (χ1n) is 8.93. The molecule has 1 aliphatic rings. The number of aliphatic imine (C=N–C) groups is 1. The molecule has 29 heavy (non-hydrogen) atoms. The number of primary amides is 1. The third-order valence-corrected chi connectivity index (χ3v) is 6.29. The molecule has 0 bridgehead atoms. The molecule has 0 aliphatic carbocycles. The SMILES string of the molecule is CC1N=C(Cc2cccc(C(F)(F)F)c2)SC1c1ccc2c(C(N)=O)coc2c1. The highest BCUT2D eigenvalue weighted by atomic mass is 32.2. The lowest BCUT2D eigenvalue weighted by Crippen LogP contribution is -2.10. The van der Waals surface area contributed by atoms with Crippen molar-refractivity contribution in [1.82, 2.24) is 0 Å². The van der Waals surface area contributed by atoms with Gasteiger partial charge in [-0.25, -0.2) is 0 Å². The zero-order chi connectivity index (χ0) is 20.8. The van der Waals surface area contributed by atoms with Gasteiger partial charge in [0.25, 0.3) is 5.91 Å². The summed E-state index contributed by atoms with van der Waals surface area (Å²) in [5, 5.41) is 1.46. The molecule has 2 heterocycles. The number of halogens is 3. The van der Waals surface area contributed by atoms with Crippen LogP contribution in [0.4, 0.5) is 13.2 Å². The summed E-state index contributed by atoms with van der Waals surface area (Å²) in [6, 6.07) is 10.9. The van der Waals surface area contributed by atoms with Crippen molar-refractivity contribution >= 4 is 33.7 Å². The van der Waals surface area contributed by atoms with Crippen molar-refractivity contribution in [2.75, 3.05) is 0 Å². The van der Waals surface area contributed by atoms with E-state index < -0.39 is 17.6 Å². The molecule has 2 atom stereocenters. The van der Waals surface area contributed by atoms with Crippen LogP contribution in [-0.4, -0.2) is 17.0 Å². The topological polar surface area (TPSA) is 68.6 Å². The van der Waals surface area contributed by atoms with Crippen molar-refractivity contribution < 1.29 is 22.4 Å². The smallest absolute Gasteiger partial charge is 0.416 e. The van der Waals surface area contributed by atoms with Gasteiger partial charge in [-0.2, -0.15) is 13.2 Å². The number of amides is 1. The summed E-state index contributed by atoms with van der Waals surface area (Å²) >= 11 is 1.54. The van der Waals surface area contributed by atoms with Crippen LogP contribution in [0.15, 0.2) is 58.1 Å². The van der Waals surface area contributed by atoms with Crippen molar-refractivity contribution in [3.63, 3.8) is 0 Å². The first kappa shape index (κ1) is 19.6. The van der Waals surface area contributed by atoms with E-state index in [1.807, 2.05) is 19.1 Å². The summed E-state index contributed by atoms with van der Waals surface area (Å²) in [5.41, 5.74) is 7.14. The third-order valence-electron chi connectivity index (χ3n) is 4.85. The number of carbonyl (C=O) groups is 1. The maximum absolute atomic E-state index is 12.9. The Hall–Kier alpha value is -2.74. The molecule has 0 radical (unpaired) electrons. The molecule has 2 unspecified atom stereocenters. The van der Waals surface area contributed by atoms with E-state index >= 15 is 0 Å². The van der Waals surface area contributed by atoms with E-state index in [1.54, 1.807) is 12.1 Å². The van der Waals surface area contributed by atoms with Crippen LogP contribution < -0.4 is 5.73 Å². The predicted octanol–water partition coefficient (Wildman–Crippen LogP) is 5.37. The maximum atomic E-state index is 12.9. The van der Waals surface area contributed by atoms with Crippen LogP contribution in [0, 0.1) is 0 Å². The average Bonchev–Trinajstić information content (AvgIpc) is 3.24. The summed E-state index contributed by atoms with van der Waals surface area (Å²) < 4.78 is 44.3. The average molecular weight is 418 g/mol. The Morgan fingerprint density at radius 3 is 2.76 bits per heavy atom. The molecule has 2 aromatic carbocycles. The fraction of sp³-hybridized carbons (Fsp3) is 0.238. The van der Waals surface area contributed by atoms with Crippen LogP contribution in [-0.2, 0) is 12.6 Å². The van der Waals surface area contributed by atoms with Crippen molar-refractivity contribution in [3.05, 3.63) is 71.0 Å². The van der Waals surface area contributed by atoms with E-state index in [0.29, 0.717) is 28.5 Å². The molecule has 150 valence electrons. The number of fused-ring (bicyclic) bond motifs is 1. The Kier molecular flexibility index (Phi) is 4.90. The molecule has 4 nitrogen and oxygen atoms in total. The molecule has 1 aromatic heterocycles. The van der Waals surface area contributed by atoms with E-state index in [4.69, 9.17) is 10.2 Å². The fourth-order valence-corrected chi connectivity index (χ4v) is 4.76. The van der Waals surface area contributed by atoms with Gasteiger partial charge in [0.1, 0.15) is 11.8 Å². The Balaban J connectivity index is 1.53. The van der Waals surface area contributed by atoms with Crippen molar-refractivity contribution in [2.45, 2.75) is 30.8 Å². The first-order chi connectivity index (χ1) is 13.7. The van der Waals surface area contributed by atoms with Gasteiger partial charge in [0.05, 0.1) is 27.5 Å². The van der Waals surface area contributed by atoms with Crippen LogP contribution in [0.5, 0.6) is 0 Å². The number of alkyl halides is 3. The highest BCUT2D eigenvalue weighted by Crippen LogP contribution is 2.42. The van der Waals surface area contributed by atoms with Gasteiger partial charge in [-0.3, -0.25) is 9.79 Å². The van der Waals surface area contributed by atoms with Gasteiger partial charge in [0.15, 0.2) is 0 Å². The molecule has 2 N–H and O–H groups in total. The molecule has 0 spiro atoms. The summed E-state index contributed by atoms with van der Waals surface area (Å²) in [6.45, 7) is 1.97. The highest BCUT2D eigenvalue weighted by Gasteiger charge is 2.32. The molecule has 1 amide bonds. The third kappa shape index (κ3) is 3.89. The van der Waals surface area contributed by atoms with Crippen LogP contribution in [0.2, 0.25) is 0 Å². The summed E-state index contributed by atoms with van der Waals surface area (Å²) in [5.74, 6) is -0.549. The minimum Gasteiger partial charge on any atom is -0.463 e. The minimum absolute atomic E-state index is 0.0160. The number of hydrogen-bond donors (Lipinski definition) is 1. The number of nitrogens with zero attached hydrogens (tertiary/aromatic N) is 1. The molecular weight excluding hydrogens is 401 g/mol. The number of rotatable bonds is 4. The Labute approximate surface area is 169 Å². The molecule has 0 saturated heterocycles. The van der Waals surface area contributed by atoms with E-state index in [9.17, 15) is 18.0 Å². The highest BCUT2D eigenvalue weighted by molar-refractivity contribution is 8.14. The second-order valence-corrected chi connectivity index (χ2v) is 8.16. The Morgan fingerprint density at radius 2 is 2.03 bits per heavy atom. The largest absolute Gasteiger partial charge is 0.463 e. The summed E-state index contributed by atoms with van der Waals surface area (Å²) in [4.78, 5) is 16.1. The molecule has 0 fully saturated rings. The predicted molar refractivity (Wildman–Crippen MR) is 107 cm³/mol. The molecule has 0 saturated carbocycles. The van der Waals surface area contributed by atoms with Crippen LogP contribution in [0.1, 0.15) is 39.2 Å². The van der Waals surface area contributed by atoms with Crippen LogP contribution >= 0.6 is 11.8 Å². The number of furan rings is 1. The van der Waals surface area contributed by atoms with E-state index in [-0.39, 0.29) is 11.3 Å². The van der Waals surface area contributed by atoms with Crippen molar-refractivity contribution in [2.24, 2.45) is 10.7 Å². The zero-order valence-electron chi connectivity index (χ0n) is 15.4. The molecule has 1 aliphatic heterocycles. The van der Waals surface area contributed by atoms with E-state index in [0.717, 1.165) is 16.7 Å². The monoisotopic (exact) mass is 418 g/mol. The quantitative estimate of drug-likeness (QED) is 0.619. The maximum Gasteiger partial charge on any atom is 0.416 e.